The lowest BCUT2D eigenvalue weighted by atomic mass is 9.92. The van der Waals surface area contributed by atoms with Crippen LogP contribution >= 0.6 is 0 Å². The molecule has 2 aromatic carbocycles. The van der Waals surface area contributed by atoms with Gasteiger partial charge in [0.25, 0.3) is 0 Å². The van der Waals surface area contributed by atoms with Crippen molar-refractivity contribution in [2.75, 3.05) is 6.61 Å². The first-order chi connectivity index (χ1) is 14.9. The topological polar surface area (TPSA) is 9.23 Å². The minimum Gasteiger partial charge on any atom is -0.487 e. The zero-order valence-corrected chi connectivity index (χ0v) is 19.3. The predicted molar refractivity (Wildman–Crippen MR) is 121 cm³/mol. The first-order valence-electron chi connectivity index (χ1n) is 11.4. The Hall–Kier alpha value is -1.82. The smallest absolute Gasteiger partial charge is 0.340 e. The van der Waals surface area contributed by atoms with E-state index in [0.29, 0.717) is 5.92 Å². The molecule has 2 aromatic rings. The largest absolute Gasteiger partial charge is 0.487 e. The molecule has 1 fully saturated rings. The fourth-order valence-corrected chi connectivity index (χ4v) is 7.88. The molecule has 1 saturated heterocycles. The van der Waals surface area contributed by atoms with Crippen LogP contribution in [0.2, 0.25) is 18.1 Å². The molecular formula is C25H32F4OSi. The number of halogens is 4. The third kappa shape index (κ3) is 6.83. The molecule has 1 heterocycles. The predicted octanol–water partition coefficient (Wildman–Crippen LogP) is 7.93. The van der Waals surface area contributed by atoms with Crippen LogP contribution in [0.3, 0.4) is 0 Å². The summed E-state index contributed by atoms with van der Waals surface area (Å²) >= 11 is 0. The first-order valence-corrected chi connectivity index (χ1v) is 13.8. The molecule has 6 heteroatoms. The average Bonchev–Trinajstić information content (AvgIpc) is 2.79. The quantitative estimate of drug-likeness (QED) is 0.202. The van der Waals surface area contributed by atoms with Crippen LogP contribution in [0, 0.1) is 0 Å². The zero-order chi connectivity index (χ0) is 22.3. The summed E-state index contributed by atoms with van der Waals surface area (Å²) in [6.45, 7) is 0.935. The summed E-state index contributed by atoms with van der Waals surface area (Å²) in [5.74, 6) is -3.33. The van der Waals surface area contributed by atoms with E-state index in [1.54, 1.807) is 12.1 Å². The molecule has 0 unspecified atom stereocenters. The van der Waals surface area contributed by atoms with Gasteiger partial charge < -0.3 is 4.74 Å². The minimum absolute atomic E-state index is 0.153. The van der Waals surface area contributed by atoms with Gasteiger partial charge in [-0.15, -0.1) is 0 Å². The van der Waals surface area contributed by atoms with Gasteiger partial charge in [-0.05, 0) is 47.6 Å². The molecular weight excluding hydrogens is 420 g/mol. The average molecular weight is 453 g/mol. The number of alkyl halides is 4. The van der Waals surface area contributed by atoms with E-state index in [2.05, 4.69) is 31.2 Å². The highest BCUT2D eigenvalue weighted by molar-refractivity contribution is 6.59. The second kappa shape index (κ2) is 11.2. The molecule has 0 radical (unpaired) electrons. The Kier molecular flexibility index (Phi) is 8.58. The Morgan fingerprint density at radius 2 is 1.52 bits per heavy atom. The molecule has 1 aliphatic heterocycles. The molecule has 1 aliphatic rings. The van der Waals surface area contributed by atoms with Crippen LogP contribution in [0.4, 0.5) is 17.6 Å². The van der Waals surface area contributed by atoms with E-state index in [9.17, 15) is 17.6 Å². The van der Waals surface area contributed by atoms with Crippen LogP contribution in [-0.2, 0) is 0 Å². The van der Waals surface area contributed by atoms with Crippen molar-refractivity contribution in [1.82, 2.24) is 0 Å². The maximum Gasteiger partial charge on any atom is 0.340 e. The maximum absolute atomic E-state index is 13.0. The summed E-state index contributed by atoms with van der Waals surface area (Å²) in [6, 6.07) is 19.6. The number of hydrogen-bond acceptors (Lipinski definition) is 1. The van der Waals surface area contributed by atoms with Gasteiger partial charge in [0, 0.05) is 8.80 Å². The van der Waals surface area contributed by atoms with Gasteiger partial charge in [0.15, 0.2) is 6.61 Å². The molecule has 0 N–H and O–H groups in total. The van der Waals surface area contributed by atoms with Gasteiger partial charge in [-0.3, -0.25) is 0 Å². The van der Waals surface area contributed by atoms with Crippen molar-refractivity contribution < 1.29 is 22.3 Å². The molecule has 0 aromatic heterocycles. The van der Waals surface area contributed by atoms with Crippen LogP contribution in [0.1, 0.15) is 50.5 Å². The van der Waals surface area contributed by atoms with Crippen LogP contribution in [0.25, 0.3) is 11.1 Å². The van der Waals surface area contributed by atoms with E-state index >= 15 is 0 Å². The molecule has 0 atom stereocenters. The monoisotopic (exact) mass is 452 g/mol. The molecule has 1 nitrogen and oxygen atoms in total. The van der Waals surface area contributed by atoms with Gasteiger partial charge in [-0.1, -0.05) is 80.7 Å². The van der Waals surface area contributed by atoms with E-state index in [1.165, 1.54) is 67.9 Å². The summed E-state index contributed by atoms with van der Waals surface area (Å²) < 4.78 is 55.2. The van der Waals surface area contributed by atoms with Gasteiger partial charge >= 0.3 is 12.3 Å². The molecule has 0 spiro atoms. The van der Waals surface area contributed by atoms with Crippen molar-refractivity contribution in [3.05, 3.63) is 54.1 Å². The van der Waals surface area contributed by atoms with Gasteiger partial charge in [0.1, 0.15) is 5.75 Å². The molecule has 170 valence electrons. The van der Waals surface area contributed by atoms with Crippen molar-refractivity contribution in [3.8, 4) is 16.9 Å². The van der Waals surface area contributed by atoms with Gasteiger partial charge in [-0.25, -0.2) is 8.78 Å². The Labute approximate surface area is 184 Å². The molecule has 0 amide bonds. The summed E-state index contributed by atoms with van der Waals surface area (Å²) in [6.07, 6.45) is 3.01. The molecule has 31 heavy (non-hydrogen) atoms. The van der Waals surface area contributed by atoms with Crippen LogP contribution in [-0.4, -0.2) is 27.8 Å². The van der Waals surface area contributed by atoms with Crippen LogP contribution in [0.5, 0.6) is 5.75 Å². The molecule has 3 rings (SSSR count). The standard InChI is InChI=1S/C25H32F4OSi/c1-2-3-4-15-31-16-13-22(14-17-31)20-7-5-19(6-8-20)21-9-11-23(12-10-21)30-18-25(28,29)24(26)27/h5-12,22,24,31H,2-4,13-18H2,1H3. The fraction of sp³-hybridized carbons (Fsp3) is 0.520. The number of rotatable bonds is 10. The Morgan fingerprint density at radius 1 is 0.935 bits per heavy atom. The normalized spacial score (nSPS) is 19.5. The highest BCUT2D eigenvalue weighted by Gasteiger charge is 2.41. The minimum atomic E-state index is -4.15. The van der Waals surface area contributed by atoms with Gasteiger partial charge in [0.05, 0.1) is 0 Å². The van der Waals surface area contributed by atoms with Crippen molar-refractivity contribution in [1.29, 1.82) is 0 Å². The lowest BCUT2D eigenvalue weighted by Crippen LogP contribution is -2.33. The maximum atomic E-state index is 13.0. The van der Waals surface area contributed by atoms with Crippen molar-refractivity contribution in [2.24, 2.45) is 0 Å². The van der Waals surface area contributed by atoms with Crippen molar-refractivity contribution in [3.63, 3.8) is 0 Å². The highest BCUT2D eigenvalue weighted by Crippen LogP contribution is 2.36. The number of ether oxygens (including phenoxy) is 1. The number of hydrogen-bond donors (Lipinski definition) is 0. The third-order valence-electron chi connectivity index (χ3n) is 6.38. The molecule has 0 bridgehead atoms. The summed E-state index contributed by atoms with van der Waals surface area (Å²) in [5, 5.41) is 0. The number of unbranched alkanes of at least 4 members (excludes halogenated alkanes) is 2. The first kappa shape index (κ1) is 23.8. The summed E-state index contributed by atoms with van der Waals surface area (Å²) in [5.41, 5.74) is 3.38. The number of benzene rings is 2. The Bertz CT molecular complexity index is 784. The van der Waals surface area contributed by atoms with Gasteiger partial charge in [0.2, 0.25) is 0 Å². The van der Waals surface area contributed by atoms with Crippen LogP contribution in [0.15, 0.2) is 48.5 Å². The fourth-order valence-electron chi connectivity index (χ4n) is 4.40. The van der Waals surface area contributed by atoms with Crippen LogP contribution < -0.4 is 4.74 Å². The third-order valence-corrected chi connectivity index (χ3v) is 9.91. The van der Waals surface area contributed by atoms with Crippen molar-refractivity contribution in [2.45, 2.75) is 75.4 Å². The van der Waals surface area contributed by atoms with E-state index in [4.69, 9.17) is 4.74 Å². The summed E-state index contributed by atoms with van der Waals surface area (Å²) in [7, 11) is -0.507. The lowest BCUT2D eigenvalue weighted by Gasteiger charge is -2.28. The molecule has 0 saturated carbocycles. The van der Waals surface area contributed by atoms with E-state index < -0.39 is 27.8 Å². The van der Waals surface area contributed by atoms with Crippen molar-refractivity contribution >= 4 is 8.80 Å². The molecule has 0 aliphatic carbocycles. The second-order valence-electron chi connectivity index (χ2n) is 8.71. The van der Waals surface area contributed by atoms with E-state index in [0.717, 1.165) is 11.1 Å². The Balaban J connectivity index is 1.52. The second-order valence-corrected chi connectivity index (χ2v) is 12.2. The Morgan fingerprint density at radius 3 is 2.06 bits per heavy atom. The highest BCUT2D eigenvalue weighted by atomic mass is 28.3. The SMILES string of the molecule is CCCCC[SiH]1CCC(c2ccc(-c3ccc(OCC(F)(F)C(F)F)cc3)cc2)CC1. The summed E-state index contributed by atoms with van der Waals surface area (Å²) in [4.78, 5) is 0. The zero-order valence-electron chi connectivity index (χ0n) is 18.1. The lowest BCUT2D eigenvalue weighted by molar-refractivity contribution is -0.148. The van der Waals surface area contributed by atoms with E-state index in [1.807, 2.05) is 0 Å². The van der Waals surface area contributed by atoms with E-state index in [-0.39, 0.29) is 5.75 Å². The van der Waals surface area contributed by atoms with Gasteiger partial charge in [-0.2, -0.15) is 8.78 Å².